The minimum atomic E-state index is -0.454. The fourth-order valence-corrected chi connectivity index (χ4v) is 4.70. The smallest absolute Gasteiger partial charge is 0.141 e. The molecule has 4 rings (SSSR count). The number of anilines is 2. The average Bonchev–Trinajstić information content (AvgIpc) is 2.71. The fraction of sp³-hybridized carbons (Fsp3) is 0.300. The molecule has 0 saturated carbocycles. The first-order valence-electron chi connectivity index (χ1n) is 9.06. The van der Waals surface area contributed by atoms with Crippen LogP contribution in [0.2, 0.25) is 5.02 Å². The Balaban J connectivity index is 1.70. The van der Waals surface area contributed by atoms with Gasteiger partial charge in [-0.15, -0.1) is 11.8 Å². The predicted octanol–water partition coefficient (Wildman–Crippen LogP) is 5.02. The second-order valence-corrected chi connectivity index (χ2v) is 8.33. The van der Waals surface area contributed by atoms with E-state index in [1.54, 1.807) is 13.2 Å². The number of rotatable bonds is 5. The number of nitrogens with zero attached hydrogens (tertiary/aromatic N) is 2. The Morgan fingerprint density at radius 1 is 1.29 bits per heavy atom. The van der Waals surface area contributed by atoms with Gasteiger partial charge in [-0.3, -0.25) is 0 Å². The van der Waals surface area contributed by atoms with E-state index in [-0.39, 0.29) is 5.02 Å². The highest BCUT2D eigenvalue weighted by atomic mass is 35.5. The summed E-state index contributed by atoms with van der Waals surface area (Å²) >= 11 is 7.71. The summed E-state index contributed by atoms with van der Waals surface area (Å²) in [7, 11) is 1.67. The summed E-state index contributed by atoms with van der Waals surface area (Å²) in [4.78, 5) is 9.80. The topological polar surface area (TPSA) is 59.1 Å². The number of piperidine rings is 1. The molecule has 2 heterocycles. The van der Waals surface area contributed by atoms with Gasteiger partial charge in [0.05, 0.1) is 22.5 Å². The number of benzene rings is 2. The van der Waals surface area contributed by atoms with E-state index in [4.69, 9.17) is 16.3 Å². The van der Waals surface area contributed by atoms with Crippen molar-refractivity contribution in [1.29, 1.82) is 0 Å². The van der Waals surface area contributed by atoms with E-state index >= 15 is 0 Å². The van der Waals surface area contributed by atoms with Crippen molar-refractivity contribution in [1.82, 2.24) is 15.3 Å². The molecule has 2 aromatic carbocycles. The second kappa shape index (κ2) is 8.51. The zero-order valence-corrected chi connectivity index (χ0v) is 16.9. The SMILES string of the molecule is COc1cc2ncnc(Nc3ccc(F)c(Cl)c3)c2cc1S[C@@H]1CCCNC1. The lowest BCUT2D eigenvalue weighted by atomic mass is 10.2. The molecule has 0 aliphatic carbocycles. The number of halogens is 2. The van der Waals surface area contributed by atoms with E-state index < -0.39 is 5.82 Å². The van der Waals surface area contributed by atoms with Gasteiger partial charge in [-0.05, 0) is 43.7 Å². The first-order chi connectivity index (χ1) is 13.6. The van der Waals surface area contributed by atoms with Gasteiger partial charge in [-0.1, -0.05) is 11.6 Å². The predicted molar refractivity (Wildman–Crippen MR) is 113 cm³/mol. The van der Waals surface area contributed by atoms with Gasteiger partial charge in [0.15, 0.2) is 0 Å². The average molecular weight is 419 g/mol. The molecular formula is C20H20ClFN4OS. The van der Waals surface area contributed by atoms with E-state index in [0.29, 0.717) is 16.8 Å². The third kappa shape index (κ3) is 4.16. The Bertz CT molecular complexity index is 997. The molecule has 1 fully saturated rings. The quantitative estimate of drug-likeness (QED) is 0.606. The highest BCUT2D eigenvalue weighted by molar-refractivity contribution is 8.00. The van der Waals surface area contributed by atoms with Crippen molar-refractivity contribution in [3.05, 3.63) is 47.5 Å². The van der Waals surface area contributed by atoms with Crippen LogP contribution >= 0.6 is 23.4 Å². The van der Waals surface area contributed by atoms with Gasteiger partial charge in [0.25, 0.3) is 0 Å². The van der Waals surface area contributed by atoms with Gasteiger partial charge in [-0.2, -0.15) is 0 Å². The minimum Gasteiger partial charge on any atom is -0.496 e. The molecular weight excluding hydrogens is 399 g/mol. The van der Waals surface area contributed by atoms with Crippen molar-refractivity contribution in [3.63, 3.8) is 0 Å². The number of ether oxygens (including phenoxy) is 1. The molecule has 28 heavy (non-hydrogen) atoms. The van der Waals surface area contributed by atoms with Crippen molar-refractivity contribution in [2.75, 3.05) is 25.5 Å². The van der Waals surface area contributed by atoms with Crippen molar-refractivity contribution >= 4 is 45.8 Å². The molecule has 5 nitrogen and oxygen atoms in total. The molecule has 0 unspecified atom stereocenters. The Labute approximate surface area is 172 Å². The molecule has 1 atom stereocenters. The molecule has 3 aromatic rings. The standard InChI is InChI=1S/C20H20ClFN4OS/c1-27-18-9-17-14(8-19(18)28-13-3-2-6-23-10-13)20(25-11-24-17)26-12-4-5-16(22)15(21)7-12/h4-5,7-9,11,13,23H,2-3,6,10H2,1H3,(H,24,25,26)/t13-/m1/s1. The number of nitrogens with one attached hydrogen (secondary N) is 2. The largest absolute Gasteiger partial charge is 0.496 e. The van der Waals surface area contributed by atoms with Crippen LogP contribution in [0, 0.1) is 5.82 Å². The van der Waals surface area contributed by atoms with Crippen LogP contribution in [-0.2, 0) is 0 Å². The number of hydrogen-bond donors (Lipinski definition) is 2. The van der Waals surface area contributed by atoms with Gasteiger partial charge in [-0.25, -0.2) is 14.4 Å². The molecule has 2 N–H and O–H groups in total. The van der Waals surface area contributed by atoms with Crippen LogP contribution in [0.1, 0.15) is 12.8 Å². The van der Waals surface area contributed by atoms with Gasteiger partial charge in [0.1, 0.15) is 23.7 Å². The third-order valence-electron chi connectivity index (χ3n) is 4.65. The summed E-state index contributed by atoms with van der Waals surface area (Å²) in [6, 6.07) is 8.48. The van der Waals surface area contributed by atoms with Crippen molar-refractivity contribution < 1.29 is 9.13 Å². The Hall–Kier alpha value is -2.09. The van der Waals surface area contributed by atoms with Crippen LogP contribution in [0.15, 0.2) is 41.6 Å². The molecule has 1 aliphatic rings. The summed E-state index contributed by atoms with van der Waals surface area (Å²) in [6.45, 7) is 2.06. The fourth-order valence-electron chi connectivity index (χ4n) is 3.23. The van der Waals surface area contributed by atoms with Crippen LogP contribution in [0.5, 0.6) is 5.75 Å². The van der Waals surface area contributed by atoms with Crippen molar-refractivity contribution in [2.24, 2.45) is 0 Å². The van der Waals surface area contributed by atoms with E-state index in [2.05, 4.69) is 26.7 Å². The number of aromatic nitrogens is 2. The van der Waals surface area contributed by atoms with Crippen LogP contribution in [0.4, 0.5) is 15.9 Å². The van der Waals surface area contributed by atoms with Crippen molar-refractivity contribution in [2.45, 2.75) is 23.0 Å². The van der Waals surface area contributed by atoms with Gasteiger partial charge in [0.2, 0.25) is 0 Å². The normalized spacial score (nSPS) is 16.9. The maximum absolute atomic E-state index is 13.4. The van der Waals surface area contributed by atoms with E-state index in [0.717, 1.165) is 34.6 Å². The number of fused-ring (bicyclic) bond motifs is 1. The van der Waals surface area contributed by atoms with Crippen molar-refractivity contribution in [3.8, 4) is 5.75 Å². The summed E-state index contributed by atoms with van der Waals surface area (Å²) in [6.07, 6.45) is 3.84. The van der Waals surface area contributed by atoms with E-state index in [1.165, 1.54) is 31.3 Å². The molecule has 0 bridgehead atoms. The summed E-state index contributed by atoms with van der Waals surface area (Å²) in [5.74, 6) is 0.987. The zero-order chi connectivity index (χ0) is 19.5. The van der Waals surface area contributed by atoms with E-state index in [1.807, 2.05) is 17.8 Å². The summed E-state index contributed by atoms with van der Waals surface area (Å²) in [5, 5.41) is 8.09. The monoisotopic (exact) mass is 418 g/mol. The van der Waals surface area contributed by atoms with Gasteiger partial charge in [0, 0.05) is 28.9 Å². The Kier molecular flexibility index (Phi) is 5.85. The van der Waals surface area contributed by atoms with Crippen LogP contribution in [-0.4, -0.2) is 35.4 Å². The van der Waals surface area contributed by atoms with Crippen LogP contribution < -0.4 is 15.4 Å². The molecule has 0 amide bonds. The maximum Gasteiger partial charge on any atom is 0.141 e. The summed E-state index contributed by atoms with van der Waals surface area (Å²) in [5.41, 5.74) is 1.43. The molecule has 1 aromatic heterocycles. The third-order valence-corrected chi connectivity index (χ3v) is 6.25. The lowest BCUT2D eigenvalue weighted by Gasteiger charge is -2.23. The zero-order valence-electron chi connectivity index (χ0n) is 15.3. The molecule has 1 aliphatic heterocycles. The number of hydrogen-bond acceptors (Lipinski definition) is 6. The van der Waals surface area contributed by atoms with Gasteiger partial charge >= 0.3 is 0 Å². The maximum atomic E-state index is 13.4. The van der Waals surface area contributed by atoms with Crippen LogP contribution in [0.3, 0.4) is 0 Å². The Morgan fingerprint density at radius 3 is 2.93 bits per heavy atom. The first-order valence-corrected chi connectivity index (χ1v) is 10.3. The highest BCUT2D eigenvalue weighted by Gasteiger charge is 2.18. The Morgan fingerprint density at radius 2 is 2.18 bits per heavy atom. The summed E-state index contributed by atoms with van der Waals surface area (Å²) < 4.78 is 19.0. The first kappa shape index (κ1) is 19.2. The van der Waals surface area contributed by atoms with E-state index in [9.17, 15) is 4.39 Å². The molecule has 0 spiro atoms. The number of methoxy groups -OCH3 is 1. The number of thioether (sulfide) groups is 1. The van der Waals surface area contributed by atoms with Crippen LogP contribution in [0.25, 0.3) is 10.9 Å². The lowest BCUT2D eigenvalue weighted by Crippen LogP contribution is -2.31. The molecule has 146 valence electrons. The lowest BCUT2D eigenvalue weighted by molar-refractivity contribution is 0.405. The highest BCUT2D eigenvalue weighted by Crippen LogP contribution is 2.38. The van der Waals surface area contributed by atoms with Gasteiger partial charge < -0.3 is 15.4 Å². The minimum absolute atomic E-state index is 0.0612. The molecule has 8 heteroatoms. The molecule has 0 radical (unpaired) electrons. The second-order valence-electron chi connectivity index (χ2n) is 6.58. The molecule has 1 saturated heterocycles.